The van der Waals surface area contributed by atoms with Gasteiger partial charge in [0.2, 0.25) is 0 Å². The Morgan fingerprint density at radius 3 is 2.79 bits per heavy atom. The molecule has 1 aromatic heterocycles. The summed E-state index contributed by atoms with van der Waals surface area (Å²) in [5, 5.41) is 5.77. The number of likely N-dealkylation sites (tertiary alicyclic amines) is 1. The van der Waals surface area contributed by atoms with Gasteiger partial charge in [-0.1, -0.05) is 19.8 Å². The molecule has 1 fully saturated rings. The van der Waals surface area contributed by atoms with Gasteiger partial charge in [-0.2, -0.15) is 0 Å². The molecule has 0 saturated carbocycles. The normalized spacial score (nSPS) is 18.0. The number of rotatable bonds is 7. The molecule has 0 amide bonds. The van der Waals surface area contributed by atoms with Crippen molar-refractivity contribution in [2.75, 3.05) is 26.2 Å². The average Bonchev–Trinajstić information content (AvgIpc) is 2.83. The molecule has 2 heterocycles. The van der Waals surface area contributed by atoms with Gasteiger partial charge in [-0.25, -0.2) is 0 Å². The fraction of sp³-hybridized carbons (Fsp3) is 0.750. The second kappa shape index (κ2) is 8.03. The summed E-state index contributed by atoms with van der Waals surface area (Å²) < 4.78 is 0. The predicted molar refractivity (Wildman–Crippen MR) is 84.8 cm³/mol. The molecule has 0 aliphatic carbocycles. The molecule has 3 heteroatoms. The van der Waals surface area contributed by atoms with E-state index in [1.165, 1.54) is 55.8 Å². The molecule has 0 radical (unpaired) electrons. The molecule has 2 nitrogen and oxygen atoms in total. The summed E-state index contributed by atoms with van der Waals surface area (Å²) in [5.74, 6) is 1.00. The van der Waals surface area contributed by atoms with Gasteiger partial charge in [0.15, 0.2) is 0 Å². The standard InChI is InChI=1S/C16H28N2S/c1-3-4-15-5-9-18(10-6-15)11-8-17-13-16-14(2)7-12-19-16/h7,12,15,17H,3-6,8-11,13H2,1-2H3. The summed E-state index contributed by atoms with van der Waals surface area (Å²) in [7, 11) is 0. The Morgan fingerprint density at radius 1 is 1.37 bits per heavy atom. The molecule has 0 atom stereocenters. The molecule has 0 spiro atoms. The first-order chi connectivity index (χ1) is 9.29. The maximum atomic E-state index is 3.58. The molecule has 2 rings (SSSR count). The van der Waals surface area contributed by atoms with Gasteiger partial charge >= 0.3 is 0 Å². The minimum Gasteiger partial charge on any atom is -0.311 e. The molecule has 1 aromatic rings. The number of nitrogens with zero attached hydrogens (tertiary/aromatic N) is 1. The Labute approximate surface area is 122 Å². The van der Waals surface area contributed by atoms with Gasteiger partial charge in [0, 0.05) is 24.5 Å². The number of hydrogen-bond acceptors (Lipinski definition) is 3. The zero-order valence-electron chi connectivity index (χ0n) is 12.5. The largest absolute Gasteiger partial charge is 0.311 e. The Kier molecular flexibility index (Phi) is 6.35. The van der Waals surface area contributed by atoms with Gasteiger partial charge in [-0.05, 0) is 55.8 Å². The van der Waals surface area contributed by atoms with Crippen LogP contribution >= 0.6 is 11.3 Å². The molecule has 19 heavy (non-hydrogen) atoms. The molecule has 108 valence electrons. The first-order valence-electron chi connectivity index (χ1n) is 7.75. The molecule has 0 unspecified atom stereocenters. The Balaban J connectivity index is 1.56. The first-order valence-corrected chi connectivity index (χ1v) is 8.63. The summed E-state index contributed by atoms with van der Waals surface area (Å²) in [4.78, 5) is 4.11. The highest BCUT2D eigenvalue weighted by molar-refractivity contribution is 7.10. The third-order valence-corrected chi connectivity index (χ3v) is 5.29. The highest BCUT2D eigenvalue weighted by Gasteiger charge is 2.17. The first kappa shape index (κ1) is 15.0. The molecular formula is C16H28N2S. The molecule has 1 N–H and O–H groups in total. The number of nitrogens with one attached hydrogen (secondary N) is 1. The van der Waals surface area contributed by atoms with Crippen LogP contribution in [0.2, 0.25) is 0 Å². The fourth-order valence-electron chi connectivity index (χ4n) is 2.93. The molecule has 1 aliphatic heterocycles. The monoisotopic (exact) mass is 280 g/mol. The highest BCUT2D eigenvalue weighted by Crippen LogP contribution is 2.21. The Hall–Kier alpha value is -0.380. The summed E-state index contributed by atoms with van der Waals surface area (Å²) in [6, 6.07) is 2.21. The summed E-state index contributed by atoms with van der Waals surface area (Å²) >= 11 is 1.87. The van der Waals surface area contributed by atoms with Gasteiger partial charge < -0.3 is 10.2 Å². The van der Waals surface area contributed by atoms with Gasteiger partial charge in [0.1, 0.15) is 0 Å². The van der Waals surface area contributed by atoms with Crippen LogP contribution in [0.15, 0.2) is 11.4 Å². The van der Waals surface area contributed by atoms with Crippen molar-refractivity contribution in [1.29, 1.82) is 0 Å². The maximum absolute atomic E-state index is 3.58. The topological polar surface area (TPSA) is 15.3 Å². The average molecular weight is 280 g/mol. The van der Waals surface area contributed by atoms with Crippen LogP contribution in [0.4, 0.5) is 0 Å². The van der Waals surface area contributed by atoms with E-state index in [4.69, 9.17) is 0 Å². The number of aryl methyl sites for hydroxylation is 1. The smallest absolute Gasteiger partial charge is 0.0302 e. The van der Waals surface area contributed by atoms with Gasteiger partial charge in [-0.15, -0.1) is 11.3 Å². The van der Waals surface area contributed by atoms with E-state index in [9.17, 15) is 0 Å². The van der Waals surface area contributed by atoms with Crippen LogP contribution in [-0.2, 0) is 6.54 Å². The van der Waals surface area contributed by atoms with Gasteiger partial charge in [-0.3, -0.25) is 0 Å². The SMILES string of the molecule is CCCC1CCN(CCNCc2sccc2C)CC1. The van der Waals surface area contributed by atoms with Gasteiger partial charge in [0.25, 0.3) is 0 Å². The van der Waals surface area contributed by atoms with E-state index in [2.05, 4.69) is 35.5 Å². The third-order valence-electron chi connectivity index (χ3n) is 4.26. The van der Waals surface area contributed by atoms with E-state index < -0.39 is 0 Å². The maximum Gasteiger partial charge on any atom is 0.0302 e. The van der Waals surface area contributed by atoms with Crippen molar-refractivity contribution in [1.82, 2.24) is 10.2 Å². The molecule has 1 saturated heterocycles. The summed E-state index contributed by atoms with van der Waals surface area (Å²) in [6.45, 7) is 10.5. The van der Waals surface area contributed by atoms with Crippen molar-refractivity contribution < 1.29 is 0 Å². The van der Waals surface area contributed by atoms with E-state index in [0.717, 1.165) is 19.0 Å². The second-order valence-electron chi connectivity index (χ2n) is 5.78. The number of thiophene rings is 1. The van der Waals surface area contributed by atoms with Crippen LogP contribution in [-0.4, -0.2) is 31.1 Å². The lowest BCUT2D eigenvalue weighted by atomic mass is 9.92. The van der Waals surface area contributed by atoms with E-state index in [1.807, 2.05) is 11.3 Å². The lowest BCUT2D eigenvalue weighted by Gasteiger charge is -2.31. The van der Waals surface area contributed by atoms with Crippen molar-refractivity contribution in [3.63, 3.8) is 0 Å². The van der Waals surface area contributed by atoms with Crippen LogP contribution < -0.4 is 5.32 Å². The van der Waals surface area contributed by atoms with Crippen LogP contribution in [0.25, 0.3) is 0 Å². The van der Waals surface area contributed by atoms with E-state index >= 15 is 0 Å². The lowest BCUT2D eigenvalue weighted by Crippen LogP contribution is -2.38. The van der Waals surface area contributed by atoms with Crippen LogP contribution in [0.3, 0.4) is 0 Å². The van der Waals surface area contributed by atoms with Gasteiger partial charge in [0.05, 0.1) is 0 Å². The summed E-state index contributed by atoms with van der Waals surface area (Å²) in [5.41, 5.74) is 1.43. The van der Waals surface area contributed by atoms with Crippen LogP contribution in [0.5, 0.6) is 0 Å². The Bertz CT molecular complexity index is 353. The predicted octanol–water partition coefficient (Wildman–Crippen LogP) is 3.66. The number of hydrogen-bond donors (Lipinski definition) is 1. The minimum atomic E-state index is 1.00. The molecular weight excluding hydrogens is 252 g/mol. The summed E-state index contributed by atoms with van der Waals surface area (Å²) in [6.07, 6.45) is 5.62. The van der Waals surface area contributed by atoms with Crippen molar-refractivity contribution >= 4 is 11.3 Å². The Morgan fingerprint density at radius 2 is 2.16 bits per heavy atom. The number of piperidine rings is 1. The van der Waals surface area contributed by atoms with Crippen molar-refractivity contribution in [2.24, 2.45) is 5.92 Å². The molecule has 1 aliphatic rings. The van der Waals surface area contributed by atoms with Crippen molar-refractivity contribution in [3.05, 3.63) is 21.9 Å². The quantitative estimate of drug-likeness (QED) is 0.767. The van der Waals surface area contributed by atoms with E-state index in [1.54, 1.807) is 0 Å². The second-order valence-corrected chi connectivity index (χ2v) is 6.78. The lowest BCUT2D eigenvalue weighted by molar-refractivity contribution is 0.179. The van der Waals surface area contributed by atoms with Crippen molar-refractivity contribution in [2.45, 2.75) is 46.1 Å². The fourth-order valence-corrected chi connectivity index (χ4v) is 3.81. The molecule has 0 bridgehead atoms. The highest BCUT2D eigenvalue weighted by atomic mass is 32.1. The zero-order chi connectivity index (χ0) is 13.5. The minimum absolute atomic E-state index is 1.00. The molecule has 0 aromatic carbocycles. The zero-order valence-corrected chi connectivity index (χ0v) is 13.3. The van der Waals surface area contributed by atoms with Crippen LogP contribution in [0.1, 0.15) is 43.0 Å². The third kappa shape index (κ3) is 4.90. The van der Waals surface area contributed by atoms with E-state index in [0.29, 0.717) is 0 Å². The van der Waals surface area contributed by atoms with Crippen LogP contribution in [0, 0.1) is 12.8 Å². The van der Waals surface area contributed by atoms with Crippen molar-refractivity contribution in [3.8, 4) is 0 Å². The van der Waals surface area contributed by atoms with E-state index in [-0.39, 0.29) is 0 Å².